The van der Waals surface area contributed by atoms with E-state index in [1.165, 1.54) is 24.3 Å². The fraction of sp³-hybridized carbons (Fsp3) is 0.0952. The van der Waals surface area contributed by atoms with Gasteiger partial charge in [0.2, 0.25) is 0 Å². The summed E-state index contributed by atoms with van der Waals surface area (Å²) in [5.41, 5.74) is 2.48. The Bertz CT molecular complexity index is 1150. The van der Waals surface area contributed by atoms with E-state index < -0.39 is 0 Å². The van der Waals surface area contributed by atoms with Gasteiger partial charge in [0.1, 0.15) is 11.6 Å². The zero-order chi connectivity index (χ0) is 20.9. The molecule has 9 heteroatoms. The van der Waals surface area contributed by atoms with Gasteiger partial charge in [-0.15, -0.1) is 0 Å². The van der Waals surface area contributed by atoms with Gasteiger partial charge in [-0.1, -0.05) is 24.3 Å². The Hall–Kier alpha value is -3.59. The van der Waals surface area contributed by atoms with Crippen LogP contribution in [0.15, 0.2) is 73.2 Å². The SMILES string of the molecule is Fc1ccc(Cn2cc(NC(=S)Nc3ccn(Cc4cccc(F)c4)n3)cn2)cc1. The third-order valence-corrected chi connectivity index (χ3v) is 4.47. The summed E-state index contributed by atoms with van der Waals surface area (Å²) in [5.74, 6) is 0.0299. The third kappa shape index (κ3) is 5.26. The Morgan fingerprint density at radius 3 is 2.50 bits per heavy atom. The molecule has 0 aliphatic heterocycles. The minimum Gasteiger partial charge on any atom is -0.330 e. The van der Waals surface area contributed by atoms with Crippen molar-refractivity contribution < 1.29 is 8.78 Å². The molecule has 6 nitrogen and oxygen atoms in total. The van der Waals surface area contributed by atoms with Crippen molar-refractivity contribution in [3.8, 4) is 0 Å². The topological polar surface area (TPSA) is 59.7 Å². The number of thiocarbonyl (C=S) groups is 1. The second kappa shape index (κ2) is 8.83. The quantitative estimate of drug-likeness (QED) is 0.453. The number of halogens is 2. The van der Waals surface area contributed by atoms with Gasteiger partial charge in [0, 0.05) is 18.5 Å². The van der Waals surface area contributed by atoms with E-state index in [1.54, 1.807) is 52.2 Å². The molecule has 30 heavy (non-hydrogen) atoms. The highest BCUT2D eigenvalue weighted by atomic mass is 32.1. The van der Waals surface area contributed by atoms with Crippen molar-refractivity contribution in [2.75, 3.05) is 10.6 Å². The molecule has 0 fully saturated rings. The van der Waals surface area contributed by atoms with Crippen molar-refractivity contribution in [2.45, 2.75) is 13.1 Å². The van der Waals surface area contributed by atoms with Gasteiger partial charge in [-0.2, -0.15) is 10.2 Å². The molecule has 0 atom stereocenters. The van der Waals surface area contributed by atoms with E-state index in [1.807, 2.05) is 6.07 Å². The van der Waals surface area contributed by atoms with E-state index in [0.717, 1.165) is 11.1 Å². The molecule has 0 amide bonds. The Morgan fingerprint density at radius 1 is 0.900 bits per heavy atom. The lowest BCUT2D eigenvalue weighted by Crippen LogP contribution is -2.19. The van der Waals surface area contributed by atoms with E-state index in [9.17, 15) is 8.78 Å². The smallest absolute Gasteiger partial charge is 0.176 e. The highest BCUT2D eigenvalue weighted by Gasteiger charge is 2.06. The van der Waals surface area contributed by atoms with Gasteiger partial charge in [-0.25, -0.2) is 8.78 Å². The molecular formula is C21H18F2N6S. The summed E-state index contributed by atoms with van der Waals surface area (Å²) < 4.78 is 29.7. The molecule has 152 valence electrons. The maximum absolute atomic E-state index is 13.3. The predicted octanol–water partition coefficient (Wildman–Crippen LogP) is 4.26. The van der Waals surface area contributed by atoms with Crippen LogP contribution >= 0.6 is 12.2 Å². The van der Waals surface area contributed by atoms with Gasteiger partial charge in [0.05, 0.1) is 25.0 Å². The van der Waals surface area contributed by atoms with Crippen LogP contribution in [0.3, 0.4) is 0 Å². The average molecular weight is 424 g/mol. The molecule has 2 aromatic carbocycles. The first-order valence-electron chi connectivity index (χ1n) is 9.16. The van der Waals surface area contributed by atoms with Crippen molar-refractivity contribution in [2.24, 2.45) is 0 Å². The summed E-state index contributed by atoms with van der Waals surface area (Å²) in [6, 6.07) is 14.5. The molecule has 0 unspecified atom stereocenters. The summed E-state index contributed by atoms with van der Waals surface area (Å²) in [5, 5.41) is 15.1. The lowest BCUT2D eigenvalue weighted by atomic mass is 10.2. The molecule has 4 rings (SSSR count). The largest absolute Gasteiger partial charge is 0.330 e. The lowest BCUT2D eigenvalue weighted by molar-refractivity contribution is 0.619. The first-order valence-corrected chi connectivity index (χ1v) is 9.57. The normalized spacial score (nSPS) is 10.7. The molecule has 0 aliphatic carbocycles. The van der Waals surface area contributed by atoms with Crippen LogP contribution in [0.4, 0.5) is 20.3 Å². The Kier molecular flexibility index (Phi) is 5.80. The number of hydrogen-bond acceptors (Lipinski definition) is 3. The van der Waals surface area contributed by atoms with Crippen LogP contribution in [0.2, 0.25) is 0 Å². The molecule has 0 spiro atoms. The summed E-state index contributed by atoms with van der Waals surface area (Å²) in [4.78, 5) is 0. The Labute approximate surface area is 177 Å². The fourth-order valence-electron chi connectivity index (χ4n) is 2.91. The van der Waals surface area contributed by atoms with Crippen LogP contribution in [0, 0.1) is 11.6 Å². The molecule has 2 aromatic heterocycles. The Balaban J connectivity index is 1.31. The Morgan fingerprint density at radius 2 is 1.70 bits per heavy atom. The minimum absolute atomic E-state index is 0.267. The van der Waals surface area contributed by atoms with Crippen molar-refractivity contribution in [1.82, 2.24) is 19.6 Å². The maximum Gasteiger partial charge on any atom is 0.176 e. The monoisotopic (exact) mass is 424 g/mol. The second-order valence-electron chi connectivity index (χ2n) is 6.66. The highest BCUT2D eigenvalue weighted by molar-refractivity contribution is 7.80. The molecule has 0 saturated heterocycles. The van der Waals surface area contributed by atoms with Crippen LogP contribution in [0.5, 0.6) is 0 Å². The number of anilines is 2. The molecule has 0 bridgehead atoms. The molecule has 0 radical (unpaired) electrons. The van der Waals surface area contributed by atoms with Crippen molar-refractivity contribution in [1.29, 1.82) is 0 Å². The minimum atomic E-state index is -0.275. The van der Waals surface area contributed by atoms with E-state index in [-0.39, 0.29) is 11.6 Å². The zero-order valence-corrected chi connectivity index (χ0v) is 16.6. The van der Waals surface area contributed by atoms with Gasteiger partial charge in [0.15, 0.2) is 10.9 Å². The van der Waals surface area contributed by atoms with Crippen LogP contribution in [-0.4, -0.2) is 24.7 Å². The van der Waals surface area contributed by atoms with E-state index in [2.05, 4.69) is 20.8 Å². The van der Waals surface area contributed by atoms with Crippen molar-refractivity contribution >= 4 is 28.8 Å². The molecule has 2 heterocycles. The van der Waals surface area contributed by atoms with Gasteiger partial charge < -0.3 is 10.6 Å². The molecule has 0 saturated carbocycles. The first-order chi connectivity index (χ1) is 14.5. The van der Waals surface area contributed by atoms with Crippen LogP contribution < -0.4 is 10.6 Å². The van der Waals surface area contributed by atoms with Crippen molar-refractivity contribution in [3.05, 3.63) is 95.9 Å². The maximum atomic E-state index is 13.3. The summed E-state index contributed by atoms with van der Waals surface area (Å²) in [7, 11) is 0. The van der Waals surface area contributed by atoms with E-state index >= 15 is 0 Å². The summed E-state index contributed by atoms with van der Waals surface area (Å²) in [6.45, 7) is 0.975. The lowest BCUT2D eigenvalue weighted by Gasteiger charge is -2.06. The fourth-order valence-corrected chi connectivity index (χ4v) is 3.13. The summed E-state index contributed by atoms with van der Waals surface area (Å²) >= 11 is 5.33. The first kappa shape index (κ1) is 19.7. The average Bonchev–Trinajstić information content (AvgIpc) is 3.33. The second-order valence-corrected chi connectivity index (χ2v) is 7.07. The van der Waals surface area contributed by atoms with Gasteiger partial charge in [-0.3, -0.25) is 9.36 Å². The van der Waals surface area contributed by atoms with E-state index in [0.29, 0.717) is 29.7 Å². The summed E-state index contributed by atoms with van der Waals surface area (Å²) in [6.07, 6.45) is 5.25. The third-order valence-electron chi connectivity index (χ3n) is 4.26. The van der Waals surface area contributed by atoms with Crippen LogP contribution in [0.25, 0.3) is 0 Å². The van der Waals surface area contributed by atoms with Crippen molar-refractivity contribution in [3.63, 3.8) is 0 Å². The molecule has 2 N–H and O–H groups in total. The molecular weight excluding hydrogens is 406 g/mol. The van der Waals surface area contributed by atoms with Crippen LogP contribution in [-0.2, 0) is 13.1 Å². The number of benzene rings is 2. The standard InChI is InChI=1S/C21H18F2N6S/c22-17-6-4-15(5-7-17)12-29-14-19(11-24-29)25-21(30)26-20-8-9-28(27-20)13-16-2-1-3-18(23)10-16/h1-11,14H,12-13H2,(H2,25,26,27,30). The zero-order valence-electron chi connectivity index (χ0n) is 15.8. The van der Waals surface area contributed by atoms with Crippen LogP contribution in [0.1, 0.15) is 11.1 Å². The van der Waals surface area contributed by atoms with Gasteiger partial charge in [0.25, 0.3) is 0 Å². The van der Waals surface area contributed by atoms with Gasteiger partial charge in [-0.05, 0) is 47.6 Å². The number of hydrogen-bond donors (Lipinski definition) is 2. The predicted molar refractivity (Wildman–Crippen MR) is 115 cm³/mol. The van der Waals surface area contributed by atoms with E-state index in [4.69, 9.17) is 12.2 Å². The van der Waals surface area contributed by atoms with Gasteiger partial charge >= 0.3 is 0 Å². The molecule has 0 aliphatic rings. The number of nitrogens with zero attached hydrogens (tertiary/aromatic N) is 4. The number of aromatic nitrogens is 4. The molecule has 4 aromatic rings. The number of nitrogens with one attached hydrogen (secondary N) is 2. The number of rotatable bonds is 6. The highest BCUT2D eigenvalue weighted by Crippen LogP contribution is 2.11.